The van der Waals surface area contributed by atoms with Crippen molar-refractivity contribution in [3.63, 3.8) is 0 Å². The lowest BCUT2D eigenvalue weighted by Gasteiger charge is -1.95. The Morgan fingerprint density at radius 3 is 2.77 bits per heavy atom. The van der Waals surface area contributed by atoms with Crippen LogP contribution < -0.4 is 0 Å². The third-order valence-corrected chi connectivity index (χ3v) is 2.76. The van der Waals surface area contributed by atoms with Crippen molar-refractivity contribution >= 4 is 28.6 Å². The van der Waals surface area contributed by atoms with E-state index in [9.17, 15) is 4.79 Å². The quantitative estimate of drug-likeness (QED) is 0.630. The maximum Gasteiger partial charge on any atom is 0.359 e. The number of aromatic nitrogens is 2. The van der Waals surface area contributed by atoms with Crippen molar-refractivity contribution in [2.45, 2.75) is 6.61 Å². The Hall–Kier alpha value is -0.630. The van der Waals surface area contributed by atoms with Gasteiger partial charge in [0.15, 0.2) is 5.69 Å². The van der Waals surface area contributed by atoms with E-state index < -0.39 is 5.97 Å². The molecule has 1 N–H and O–H groups in total. The molecule has 0 fully saturated rings. The summed E-state index contributed by atoms with van der Waals surface area (Å²) in [6, 6.07) is 0. The van der Waals surface area contributed by atoms with Crippen molar-refractivity contribution in [3.8, 4) is 0 Å². The molecule has 1 aromatic heterocycles. The molecule has 0 spiro atoms. The molecule has 72 valence electrons. The first-order valence-electron chi connectivity index (χ1n) is 3.52. The summed E-state index contributed by atoms with van der Waals surface area (Å²) in [5.41, 5.74) is 0.857. The van der Waals surface area contributed by atoms with E-state index >= 15 is 0 Å². The second-order valence-corrected chi connectivity index (χ2v) is 3.46. The first-order chi connectivity index (χ1) is 6.11. The molecule has 0 saturated carbocycles. The van der Waals surface area contributed by atoms with Crippen LogP contribution in [0.3, 0.4) is 0 Å². The second-order valence-electron chi connectivity index (χ2n) is 2.38. The maximum atomic E-state index is 11.1. The van der Waals surface area contributed by atoms with Crippen molar-refractivity contribution < 1.29 is 14.6 Å². The average molecular weight is 296 g/mol. The van der Waals surface area contributed by atoms with Crippen LogP contribution in [0.1, 0.15) is 16.2 Å². The highest BCUT2D eigenvalue weighted by atomic mass is 127. The van der Waals surface area contributed by atoms with E-state index in [-0.39, 0.29) is 12.3 Å². The molecule has 1 rings (SSSR count). The van der Waals surface area contributed by atoms with Gasteiger partial charge in [-0.25, -0.2) is 4.79 Å². The zero-order chi connectivity index (χ0) is 10.0. The number of rotatable bonds is 2. The zero-order valence-electron chi connectivity index (χ0n) is 7.24. The molecule has 0 aliphatic carbocycles. The van der Waals surface area contributed by atoms with Gasteiger partial charge in [-0.05, 0) is 22.6 Å². The van der Waals surface area contributed by atoms with Crippen molar-refractivity contribution in [3.05, 3.63) is 15.0 Å². The van der Waals surface area contributed by atoms with Gasteiger partial charge in [0.1, 0.15) is 0 Å². The summed E-state index contributed by atoms with van der Waals surface area (Å²) in [4.78, 5) is 11.1. The van der Waals surface area contributed by atoms with Gasteiger partial charge in [0, 0.05) is 7.05 Å². The van der Waals surface area contributed by atoms with Crippen molar-refractivity contribution in [1.29, 1.82) is 0 Å². The lowest BCUT2D eigenvalue weighted by Crippen LogP contribution is -2.04. The SMILES string of the molecule is COC(=O)c1nn(C)c(CO)c1I. The molecular weight excluding hydrogens is 287 g/mol. The molecular formula is C7H9IN2O3. The smallest absolute Gasteiger partial charge is 0.359 e. The fourth-order valence-electron chi connectivity index (χ4n) is 0.932. The minimum absolute atomic E-state index is 0.140. The minimum Gasteiger partial charge on any atom is -0.464 e. The molecule has 13 heavy (non-hydrogen) atoms. The van der Waals surface area contributed by atoms with Gasteiger partial charge in [-0.3, -0.25) is 4.68 Å². The van der Waals surface area contributed by atoms with Crippen LogP contribution >= 0.6 is 22.6 Å². The molecule has 6 heteroatoms. The number of carbonyl (C=O) groups is 1. The molecule has 0 unspecified atom stereocenters. The first kappa shape index (κ1) is 10.5. The van der Waals surface area contributed by atoms with Crippen LogP contribution in [0.5, 0.6) is 0 Å². The van der Waals surface area contributed by atoms with Crippen molar-refractivity contribution in [2.75, 3.05) is 7.11 Å². The van der Waals surface area contributed by atoms with Crippen LogP contribution in [-0.4, -0.2) is 28.0 Å². The predicted molar refractivity (Wildman–Crippen MR) is 53.2 cm³/mol. The van der Waals surface area contributed by atoms with E-state index in [4.69, 9.17) is 5.11 Å². The Balaban J connectivity index is 3.18. The summed E-state index contributed by atoms with van der Waals surface area (Å²) in [5.74, 6) is -0.486. The Morgan fingerprint density at radius 2 is 2.38 bits per heavy atom. The highest BCUT2D eigenvalue weighted by molar-refractivity contribution is 14.1. The number of nitrogens with zero attached hydrogens (tertiary/aromatic N) is 2. The fraction of sp³-hybridized carbons (Fsp3) is 0.429. The van der Waals surface area contributed by atoms with E-state index in [1.54, 1.807) is 7.05 Å². The highest BCUT2D eigenvalue weighted by Gasteiger charge is 2.19. The average Bonchev–Trinajstić information content (AvgIpc) is 2.40. The number of aliphatic hydroxyl groups is 1. The molecule has 0 radical (unpaired) electrons. The number of aryl methyl sites for hydroxylation is 1. The van der Waals surface area contributed by atoms with Gasteiger partial charge in [-0.15, -0.1) is 0 Å². The molecule has 1 heterocycles. The molecule has 5 nitrogen and oxygen atoms in total. The number of methoxy groups -OCH3 is 1. The first-order valence-corrected chi connectivity index (χ1v) is 4.60. The molecule has 0 aliphatic heterocycles. The lowest BCUT2D eigenvalue weighted by molar-refractivity contribution is 0.0592. The van der Waals surface area contributed by atoms with Gasteiger partial charge >= 0.3 is 5.97 Å². The van der Waals surface area contributed by atoms with Gasteiger partial charge in [-0.2, -0.15) is 5.10 Å². The van der Waals surface area contributed by atoms with E-state index in [1.165, 1.54) is 11.8 Å². The topological polar surface area (TPSA) is 64.3 Å². The third kappa shape index (κ3) is 1.83. The number of halogens is 1. The largest absolute Gasteiger partial charge is 0.464 e. The summed E-state index contributed by atoms with van der Waals surface area (Å²) in [7, 11) is 2.96. The van der Waals surface area contributed by atoms with Crippen LogP contribution in [0, 0.1) is 3.57 Å². The molecule has 0 aliphatic rings. The minimum atomic E-state index is -0.486. The van der Waals surface area contributed by atoms with Crippen LogP contribution in [0.25, 0.3) is 0 Å². The Kier molecular flexibility index (Phi) is 3.26. The van der Waals surface area contributed by atoms with Gasteiger partial charge in [0.2, 0.25) is 0 Å². The van der Waals surface area contributed by atoms with Crippen LogP contribution in [0.15, 0.2) is 0 Å². The van der Waals surface area contributed by atoms with E-state index in [0.29, 0.717) is 9.26 Å². The summed E-state index contributed by atoms with van der Waals surface area (Å²) < 4.78 is 6.63. The molecule has 0 amide bonds. The number of carbonyl (C=O) groups excluding carboxylic acids is 1. The Labute approximate surface area is 88.8 Å². The molecule has 0 aromatic carbocycles. The molecule has 0 bridgehead atoms. The summed E-state index contributed by atoms with van der Waals surface area (Å²) in [5, 5.41) is 12.9. The monoisotopic (exact) mass is 296 g/mol. The highest BCUT2D eigenvalue weighted by Crippen LogP contribution is 2.16. The second kappa shape index (κ2) is 4.05. The third-order valence-electron chi connectivity index (χ3n) is 1.63. The number of ether oxygens (including phenoxy) is 1. The van der Waals surface area contributed by atoms with Gasteiger partial charge in [0.25, 0.3) is 0 Å². The summed E-state index contributed by atoms with van der Waals surface area (Å²) in [6.07, 6.45) is 0. The van der Waals surface area contributed by atoms with Crippen molar-refractivity contribution in [1.82, 2.24) is 9.78 Å². The van der Waals surface area contributed by atoms with Gasteiger partial charge < -0.3 is 9.84 Å². The normalized spacial score (nSPS) is 10.2. The summed E-state index contributed by atoms with van der Waals surface area (Å²) >= 11 is 1.96. The maximum absolute atomic E-state index is 11.1. The molecule has 0 atom stereocenters. The van der Waals surface area contributed by atoms with Gasteiger partial charge in [0.05, 0.1) is 23.0 Å². The molecule has 1 aromatic rings. The standard InChI is InChI=1S/C7H9IN2O3/c1-10-4(3-11)5(8)6(9-10)7(12)13-2/h11H,3H2,1-2H3. The van der Waals surface area contributed by atoms with E-state index in [0.717, 1.165) is 0 Å². The van der Waals surface area contributed by atoms with E-state index in [1.807, 2.05) is 22.6 Å². The van der Waals surface area contributed by atoms with Crippen LogP contribution in [-0.2, 0) is 18.4 Å². The van der Waals surface area contributed by atoms with Crippen molar-refractivity contribution in [2.24, 2.45) is 7.05 Å². The fourth-order valence-corrected chi connectivity index (χ4v) is 1.78. The summed E-state index contributed by atoms with van der Waals surface area (Å²) in [6.45, 7) is -0.140. The number of aliphatic hydroxyl groups excluding tert-OH is 1. The van der Waals surface area contributed by atoms with Crippen LogP contribution in [0.4, 0.5) is 0 Å². The lowest BCUT2D eigenvalue weighted by atomic mass is 10.3. The Bertz CT molecular complexity index is 335. The van der Waals surface area contributed by atoms with E-state index in [2.05, 4.69) is 9.84 Å². The zero-order valence-corrected chi connectivity index (χ0v) is 9.40. The molecule has 0 saturated heterocycles. The van der Waals surface area contributed by atoms with Gasteiger partial charge in [-0.1, -0.05) is 0 Å². The number of hydrogen-bond donors (Lipinski definition) is 1. The van der Waals surface area contributed by atoms with Crippen LogP contribution in [0.2, 0.25) is 0 Å². The number of hydrogen-bond acceptors (Lipinski definition) is 4. The predicted octanol–water partition coefficient (Wildman–Crippen LogP) is 0.304. The Morgan fingerprint density at radius 1 is 1.77 bits per heavy atom. The number of esters is 1.